The first-order valence-corrected chi connectivity index (χ1v) is 10.4. The van der Waals surface area contributed by atoms with Gasteiger partial charge in [-0.3, -0.25) is 4.79 Å². The Labute approximate surface area is 171 Å². The number of carbonyl (C=O) groups is 1. The maximum absolute atomic E-state index is 12.4. The highest BCUT2D eigenvalue weighted by Crippen LogP contribution is 2.25. The molecule has 27 heavy (non-hydrogen) atoms. The molecule has 0 aliphatic carbocycles. The summed E-state index contributed by atoms with van der Waals surface area (Å²) in [7, 11) is 0. The van der Waals surface area contributed by atoms with Gasteiger partial charge in [0.15, 0.2) is 11.0 Å². The Morgan fingerprint density at radius 1 is 1.15 bits per heavy atom. The molecule has 0 aliphatic rings. The van der Waals surface area contributed by atoms with Gasteiger partial charge in [-0.25, -0.2) is 0 Å². The van der Waals surface area contributed by atoms with Crippen molar-refractivity contribution in [1.29, 1.82) is 0 Å². The summed E-state index contributed by atoms with van der Waals surface area (Å²) in [6, 6.07) is 14.0. The lowest BCUT2D eigenvalue weighted by Crippen LogP contribution is -2.15. The van der Waals surface area contributed by atoms with Crippen LogP contribution in [0.3, 0.4) is 0 Å². The first-order valence-electron chi connectivity index (χ1n) is 8.67. The second-order valence-corrected chi connectivity index (χ2v) is 8.07. The van der Waals surface area contributed by atoms with Crippen LogP contribution in [0, 0.1) is 13.8 Å². The van der Waals surface area contributed by atoms with Crippen LogP contribution in [0.2, 0.25) is 0 Å². The fourth-order valence-corrected chi connectivity index (χ4v) is 3.75. The molecule has 1 heterocycles. The number of nitrogens with one attached hydrogen (secondary N) is 1. The van der Waals surface area contributed by atoms with Gasteiger partial charge in [0, 0.05) is 22.3 Å². The minimum absolute atomic E-state index is 0.0513. The fourth-order valence-electron chi connectivity index (χ4n) is 2.68. The summed E-state index contributed by atoms with van der Waals surface area (Å²) in [5.41, 5.74) is 4.02. The largest absolute Gasteiger partial charge is 0.325 e. The lowest BCUT2D eigenvalue weighted by molar-refractivity contribution is -0.113. The van der Waals surface area contributed by atoms with Gasteiger partial charge in [-0.2, -0.15) is 0 Å². The molecule has 0 atom stereocenters. The van der Waals surface area contributed by atoms with E-state index >= 15 is 0 Å². The van der Waals surface area contributed by atoms with Crippen LogP contribution in [-0.2, 0) is 11.3 Å². The number of hydrogen-bond donors (Lipinski definition) is 1. The fraction of sp³-hybridized carbons (Fsp3) is 0.250. The first kappa shape index (κ1) is 19.6. The second-order valence-electron chi connectivity index (χ2n) is 6.21. The lowest BCUT2D eigenvalue weighted by Gasteiger charge is -2.10. The minimum Gasteiger partial charge on any atom is -0.325 e. The molecule has 0 radical (unpaired) electrons. The van der Waals surface area contributed by atoms with Crippen molar-refractivity contribution in [3.8, 4) is 11.4 Å². The molecule has 7 heteroatoms. The zero-order valence-electron chi connectivity index (χ0n) is 15.5. The van der Waals surface area contributed by atoms with Crippen molar-refractivity contribution >= 4 is 39.3 Å². The summed E-state index contributed by atoms with van der Waals surface area (Å²) < 4.78 is 3.05. The summed E-state index contributed by atoms with van der Waals surface area (Å²) in [6.45, 7) is 6.78. The zero-order valence-corrected chi connectivity index (χ0v) is 17.9. The van der Waals surface area contributed by atoms with E-state index in [1.54, 1.807) is 0 Å². The van der Waals surface area contributed by atoms with Gasteiger partial charge >= 0.3 is 0 Å². The van der Waals surface area contributed by atoms with E-state index in [9.17, 15) is 4.79 Å². The molecule has 0 saturated carbocycles. The highest BCUT2D eigenvalue weighted by molar-refractivity contribution is 9.10. The van der Waals surface area contributed by atoms with E-state index in [2.05, 4.69) is 31.4 Å². The summed E-state index contributed by atoms with van der Waals surface area (Å²) in [6.07, 6.45) is 0. The van der Waals surface area contributed by atoms with Crippen LogP contribution in [0.5, 0.6) is 0 Å². The predicted molar refractivity (Wildman–Crippen MR) is 114 cm³/mol. The van der Waals surface area contributed by atoms with E-state index < -0.39 is 0 Å². The van der Waals surface area contributed by atoms with E-state index in [4.69, 9.17) is 0 Å². The number of rotatable bonds is 6. The molecular formula is C20H21BrN4OS. The maximum Gasteiger partial charge on any atom is 0.234 e. The van der Waals surface area contributed by atoms with Crippen LogP contribution < -0.4 is 5.32 Å². The van der Waals surface area contributed by atoms with Crippen LogP contribution in [-0.4, -0.2) is 26.4 Å². The van der Waals surface area contributed by atoms with Crippen molar-refractivity contribution in [1.82, 2.24) is 14.8 Å². The van der Waals surface area contributed by atoms with Crippen molar-refractivity contribution in [2.24, 2.45) is 0 Å². The minimum atomic E-state index is -0.0513. The van der Waals surface area contributed by atoms with E-state index in [1.165, 1.54) is 11.8 Å². The molecule has 0 saturated heterocycles. The van der Waals surface area contributed by atoms with Gasteiger partial charge in [0.05, 0.1) is 5.75 Å². The van der Waals surface area contributed by atoms with Crippen LogP contribution in [0.4, 0.5) is 5.69 Å². The highest BCUT2D eigenvalue weighted by atomic mass is 79.9. The number of amides is 1. The molecule has 2 aromatic carbocycles. The average molecular weight is 445 g/mol. The topological polar surface area (TPSA) is 59.8 Å². The molecule has 0 aliphatic heterocycles. The molecular weight excluding hydrogens is 424 g/mol. The van der Waals surface area contributed by atoms with Gasteiger partial charge in [-0.05, 0) is 50.1 Å². The number of halogens is 1. The number of hydrogen-bond acceptors (Lipinski definition) is 4. The van der Waals surface area contributed by atoms with Gasteiger partial charge in [0.1, 0.15) is 0 Å². The van der Waals surface area contributed by atoms with Gasteiger partial charge in [0.25, 0.3) is 0 Å². The van der Waals surface area contributed by atoms with Crippen molar-refractivity contribution < 1.29 is 4.79 Å². The number of anilines is 1. The molecule has 3 rings (SSSR count). The normalized spacial score (nSPS) is 10.8. The van der Waals surface area contributed by atoms with Crippen molar-refractivity contribution in [3.63, 3.8) is 0 Å². The summed E-state index contributed by atoms with van der Waals surface area (Å²) in [5, 5.41) is 12.3. The van der Waals surface area contributed by atoms with E-state index in [0.717, 1.165) is 44.4 Å². The molecule has 3 aromatic rings. The van der Waals surface area contributed by atoms with Gasteiger partial charge in [-0.15, -0.1) is 10.2 Å². The lowest BCUT2D eigenvalue weighted by atomic mass is 10.1. The third kappa shape index (κ3) is 4.78. The Morgan fingerprint density at radius 2 is 1.89 bits per heavy atom. The van der Waals surface area contributed by atoms with Crippen LogP contribution in [0.25, 0.3) is 11.4 Å². The van der Waals surface area contributed by atoms with Crippen molar-refractivity contribution in [3.05, 3.63) is 58.1 Å². The van der Waals surface area contributed by atoms with Gasteiger partial charge < -0.3 is 9.88 Å². The van der Waals surface area contributed by atoms with E-state index in [-0.39, 0.29) is 11.7 Å². The molecule has 0 fully saturated rings. The maximum atomic E-state index is 12.4. The quantitative estimate of drug-likeness (QED) is 0.538. The zero-order chi connectivity index (χ0) is 19.4. The van der Waals surface area contributed by atoms with E-state index in [0.29, 0.717) is 0 Å². The summed E-state index contributed by atoms with van der Waals surface area (Å²) >= 11 is 4.84. The van der Waals surface area contributed by atoms with Crippen LogP contribution in [0.15, 0.2) is 52.1 Å². The number of nitrogens with zero attached hydrogens (tertiary/aromatic N) is 3. The summed E-state index contributed by atoms with van der Waals surface area (Å²) in [4.78, 5) is 12.4. The number of aromatic nitrogens is 3. The Hall–Kier alpha value is -2.12. The highest BCUT2D eigenvalue weighted by Gasteiger charge is 2.15. The van der Waals surface area contributed by atoms with Gasteiger partial charge in [0.2, 0.25) is 5.91 Å². The third-order valence-corrected chi connectivity index (χ3v) is 5.63. The Morgan fingerprint density at radius 3 is 2.59 bits per heavy atom. The monoisotopic (exact) mass is 444 g/mol. The third-order valence-electron chi connectivity index (χ3n) is 4.14. The van der Waals surface area contributed by atoms with Crippen LogP contribution >= 0.6 is 27.7 Å². The van der Waals surface area contributed by atoms with E-state index in [1.807, 2.05) is 67.8 Å². The number of aryl methyl sites for hydroxylation is 2. The van der Waals surface area contributed by atoms with Crippen molar-refractivity contribution in [2.75, 3.05) is 11.1 Å². The molecule has 140 valence electrons. The molecule has 0 unspecified atom stereocenters. The number of thioether (sulfide) groups is 1. The molecule has 0 spiro atoms. The smallest absolute Gasteiger partial charge is 0.234 e. The predicted octanol–water partition coefficient (Wildman–Crippen LogP) is 5.08. The first-order chi connectivity index (χ1) is 13.0. The number of benzene rings is 2. The SMILES string of the molecule is CCn1c(SCC(=O)Nc2cc(C)ccc2C)nnc1-c1ccc(Br)cc1. The molecule has 0 bridgehead atoms. The van der Waals surface area contributed by atoms with Crippen LogP contribution in [0.1, 0.15) is 18.1 Å². The molecule has 1 amide bonds. The average Bonchev–Trinajstić information content (AvgIpc) is 3.06. The number of carbonyl (C=O) groups excluding carboxylic acids is 1. The molecule has 5 nitrogen and oxygen atoms in total. The Bertz CT molecular complexity index is 953. The second kappa shape index (κ2) is 8.71. The Balaban J connectivity index is 1.70. The van der Waals surface area contributed by atoms with Crippen molar-refractivity contribution in [2.45, 2.75) is 32.5 Å². The Kier molecular flexibility index (Phi) is 6.34. The summed E-state index contributed by atoms with van der Waals surface area (Å²) in [5.74, 6) is 1.04. The molecule has 1 aromatic heterocycles. The standard InChI is InChI=1S/C20H21BrN4OS/c1-4-25-19(15-7-9-16(21)10-8-15)23-24-20(25)27-12-18(26)22-17-11-13(2)5-6-14(17)3/h5-11H,4,12H2,1-3H3,(H,22,26). The molecule has 1 N–H and O–H groups in total. The van der Waals surface area contributed by atoms with Gasteiger partial charge in [-0.1, -0.05) is 52.0 Å².